The van der Waals surface area contributed by atoms with Gasteiger partial charge in [-0.2, -0.15) is 0 Å². The molecule has 0 bridgehead atoms. The standard InChI is InChI=1S/C14H22N2O4/c1-18-9-8-16(7-6-15)14(17)12-10-11(19-2)4-5-13(12)20-3/h4-5,10H,6-9,15H2,1-3H3. The molecule has 6 nitrogen and oxygen atoms in total. The van der Waals surface area contributed by atoms with Crippen LogP contribution in [-0.4, -0.2) is 58.4 Å². The zero-order valence-corrected chi connectivity index (χ0v) is 12.2. The van der Waals surface area contributed by atoms with Gasteiger partial charge < -0.3 is 24.8 Å². The van der Waals surface area contributed by atoms with E-state index in [9.17, 15) is 4.79 Å². The van der Waals surface area contributed by atoms with Crippen molar-refractivity contribution < 1.29 is 19.0 Å². The van der Waals surface area contributed by atoms with Gasteiger partial charge in [0.15, 0.2) is 0 Å². The summed E-state index contributed by atoms with van der Waals surface area (Å²) in [5.74, 6) is 0.965. The predicted molar refractivity (Wildman–Crippen MR) is 76.4 cm³/mol. The van der Waals surface area contributed by atoms with Crippen LogP contribution in [0.1, 0.15) is 10.4 Å². The second-order valence-corrected chi connectivity index (χ2v) is 4.14. The molecule has 20 heavy (non-hydrogen) atoms. The molecule has 112 valence electrons. The topological polar surface area (TPSA) is 74.0 Å². The molecule has 0 aliphatic carbocycles. The maximum atomic E-state index is 12.6. The Morgan fingerprint density at radius 2 is 1.95 bits per heavy atom. The van der Waals surface area contributed by atoms with E-state index in [4.69, 9.17) is 19.9 Å². The molecular weight excluding hydrogens is 260 g/mol. The Hall–Kier alpha value is -1.79. The van der Waals surface area contributed by atoms with Crippen molar-refractivity contribution in [2.45, 2.75) is 0 Å². The molecule has 0 heterocycles. The van der Waals surface area contributed by atoms with E-state index in [0.29, 0.717) is 43.3 Å². The summed E-state index contributed by atoms with van der Waals surface area (Å²) in [6, 6.07) is 5.12. The van der Waals surface area contributed by atoms with Gasteiger partial charge in [-0.15, -0.1) is 0 Å². The zero-order valence-electron chi connectivity index (χ0n) is 12.2. The largest absolute Gasteiger partial charge is 0.497 e. The first-order valence-corrected chi connectivity index (χ1v) is 6.38. The minimum atomic E-state index is -0.150. The Kier molecular flexibility index (Phi) is 6.83. The lowest BCUT2D eigenvalue weighted by Crippen LogP contribution is -2.37. The summed E-state index contributed by atoms with van der Waals surface area (Å²) in [6.45, 7) is 1.79. The highest BCUT2D eigenvalue weighted by atomic mass is 16.5. The van der Waals surface area contributed by atoms with Gasteiger partial charge in [0.1, 0.15) is 11.5 Å². The van der Waals surface area contributed by atoms with E-state index in [0.717, 1.165) is 0 Å². The Morgan fingerprint density at radius 1 is 1.20 bits per heavy atom. The van der Waals surface area contributed by atoms with Crippen molar-refractivity contribution in [1.82, 2.24) is 4.90 Å². The minimum Gasteiger partial charge on any atom is -0.497 e. The minimum absolute atomic E-state index is 0.150. The molecule has 0 unspecified atom stereocenters. The van der Waals surface area contributed by atoms with E-state index in [-0.39, 0.29) is 5.91 Å². The van der Waals surface area contributed by atoms with Crippen LogP contribution < -0.4 is 15.2 Å². The van der Waals surface area contributed by atoms with Gasteiger partial charge in [-0.3, -0.25) is 4.79 Å². The van der Waals surface area contributed by atoms with Gasteiger partial charge in [0.25, 0.3) is 5.91 Å². The van der Waals surface area contributed by atoms with Crippen molar-refractivity contribution in [2.24, 2.45) is 5.73 Å². The highest BCUT2D eigenvalue weighted by molar-refractivity contribution is 5.97. The number of rotatable bonds is 8. The Labute approximate surface area is 119 Å². The Balaban J connectivity index is 3.02. The first kappa shape index (κ1) is 16.3. The summed E-state index contributed by atoms with van der Waals surface area (Å²) in [5, 5.41) is 0. The van der Waals surface area contributed by atoms with Crippen LogP contribution in [0.3, 0.4) is 0 Å². The van der Waals surface area contributed by atoms with Crippen LogP contribution in [0.4, 0.5) is 0 Å². The van der Waals surface area contributed by atoms with E-state index in [1.54, 1.807) is 37.3 Å². The molecule has 0 atom stereocenters. The van der Waals surface area contributed by atoms with Crippen LogP contribution in [0.15, 0.2) is 18.2 Å². The van der Waals surface area contributed by atoms with Gasteiger partial charge in [0.05, 0.1) is 26.4 Å². The molecule has 0 saturated carbocycles. The summed E-state index contributed by atoms with van der Waals surface area (Å²) in [4.78, 5) is 14.2. The lowest BCUT2D eigenvalue weighted by atomic mass is 10.1. The first-order chi connectivity index (χ1) is 9.67. The molecule has 0 aliphatic rings. The third-order valence-corrected chi connectivity index (χ3v) is 2.89. The van der Waals surface area contributed by atoms with E-state index < -0.39 is 0 Å². The fourth-order valence-corrected chi connectivity index (χ4v) is 1.82. The molecule has 0 radical (unpaired) electrons. The van der Waals surface area contributed by atoms with E-state index in [1.165, 1.54) is 7.11 Å². The summed E-state index contributed by atoms with van der Waals surface area (Å²) >= 11 is 0. The van der Waals surface area contributed by atoms with Crippen molar-refractivity contribution in [3.8, 4) is 11.5 Å². The normalized spacial score (nSPS) is 10.2. The third-order valence-electron chi connectivity index (χ3n) is 2.89. The Bertz CT molecular complexity index is 437. The van der Waals surface area contributed by atoms with Crippen LogP contribution in [-0.2, 0) is 4.74 Å². The summed E-state index contributed by atoms with van der Waals surface area (Å²) in [6.07, 6.45) is 0. The summed E-state index contributed by atoms with van der Waals surface area (Å²) in [7, 11) is 4.68. The van der Waals surface area contributed by atoms with Crippen molar-refractivity contribution in [3.63, 3.8) is 0 Å². The number of amides is 1. The SMILES string of the molecule is COCCN(CCN)C(=O)c1cc(OC)ccc1OC. The number of nitrogens with two attached hydrogens (primary N) is 1. The average Bonchev–Trinajstić information content (AvgIpc) is 2.50. The average molecular weight is 282 g/mol. The number of benzene rings is 1. The molecule has 1 aromatic carbocycles. The molecular formula is C14H22N2O4. The van der Waals surface area contributed by atoms with Gasteiger partial charge in [-0.25, -0.2) is 0 Å². The van der Waals surface area contributed by atoms with Gasteiger partial charge in [0.2, 0.25) is 0 Å². The molecule has 0 fully saturated rings. The van der Waals surface area contributed by atoms with Crippen LogP contribution in [0, 0.1) is 0 Å². The van der Waals surface area contributed by atoms with Gasteiger partial charge in [-0.1, -0.05) is 0 Å². The van der Waals surface area contributed by atoms with Crippen molar-refractivity contribution in [3.05, 3.63) is 23.8 Å². The summed E-state index contributed by atoms with van der Waals surface area (Å²) < 4.78 is 15.4. The number of ether oxygens (including phenoxy) is 3. The predicted octanol–water partition coefficient (Wildman–Crippen LogP) is 0.751. The molecule has 6 heteroatoms. The monoisotopic (exact) mass is 282 g/mol. The molecule has 1 amide bonds. The number of carbonyl (C=O) groups is 1. The second kappa shape index (κ2) is 8.39. The number of hydrogen-bond acceptors (Lipinski definition) is 5. The highest BCUT2D eigenvalue weighted by Crippen LogP contribution is 2.25. The molecule has 0 aliphatic heterocycles. The van der Waals surface area contributed by atoms with Gasteiger partial charge in [0, 0.05) is 26.7 Å². The van der Waals surface area contributed by atoms with Crippen molar-refractivity contribution in [2.75, 3.05) is 47.6 Å². The maximum absolute atomic E-state index is 12.6. The summed E-state index contributed by atoms with van der Waals surface area (Å²) in [5.41, 5.74) is 6.01. The first-order valence-electron chi connectivity index (χ1n) is 6.38. The fourth-order valence-electron chi connectivity index (χ4n) is 1.82. The zero-order chi connectivity index (χ0) is 15.0. The second-order valence-electron chi connectivity index (χ2n) is 4.14. The number of hydrogen-bond donors (Lipinski definition) is 1. The lowest BCUT2D eigenvalue weighted by Gasteiger charge is -2.22. The molecule has 0 saturated heterocycles. The van der Waals surface area contributed by atoms with Crippen molar-refractivity contribution in [1.29, 1.82) is 0 Å². The van der Waals surface area contributed by atoms with E-state index in [2.05, 4.69) is 0 Å². The molecule has 1 rings (SSSR count). The molecule has 0 aromatic heterocycles. The fraction of sp³-hybridized carbons (Fsp3) is 0.500. The van der Waals surface area contributed by atoms with Crippen LogP contribution in [0.2, 0.25) is 0 Å². The van der Waals surface area contributed by atoms with Crippen LogP contribution in [0.5, 0.6) is 11.5 Å². The highest BCUT2D eigenvalue weighted by Gasteiger charge is 2.19. The molecule has 1 aromatic rings. The quantitative estimate of drug-likeness (QED) is 0.761. The van der Waals surface area contributed by atoms with E-state index in [1.807, 2.05) is 0 Å². The number of nitrogens with zero attached hydrogens (tertiary/aromatic N) is 1. The number of carbonyl (C=O) groups excluding carboxylic acids is 1. The maximum Gasteiger partial charge on any atom is 0.257 e. The van der Waals surface area contributed by atoms with E-state index >= 15 is 0 Å². The van der Waals surface area contributed by atoms with Gasteiger partial charge >= 0.3 is 0 Å². The smallest absolute Gasteiger partial charge is 0.257 e. The number of methoxy groups -OCH3 is 3. The third kappa shape index (κ3) is 4.11. The molecule has 2 N–H and O–H groups in total. The van der Waals surface area contributed by atoms with Crippen molar-refractivity contribution >= 4 is 5.91 Å². The Morgan fingerprint density at radius 3 is 2.50 bits per heavy atom. The van der Waals surface area contributed by atoms with Crippen LogP contribution in [0.25, 0.3) is 0 Å². The molecule has 0 spiro atoms. The van der Waals surface area contributed by atoms with Crippen LogP contribution >= 0.6 is 0 Å². The van der Waals surface area contributed by atoms with Gasteiger partial charge in [-0.05, 0) is 18.2 Å². The lowest BCUT2D eigenvalue weighted by molar-refractivity contribution is 0.0698.